The molecule has 28 heavy (non-hydrogen) atoms. The lowest BCUT2D eigenvalue weighted by molar-refractivity contribution is 0.509. The Morgan fingerprint density at radius 3 is 2.93 bits per heavy atom. The summed E-state index contributed by atoms with van der Waals surface area (Å²) in [6.45, 7) is 7.81. The molecule has 0 saturated heterocycles. The van der Waals surface area contributed by atoms with Crippen molar-refractivity contribution in [2.24, 2.45) is 4.99 Å². The lowest BCUT2D eigenvalue weighted by Crippen LogP contribution is -2.38. The highest BCUT2D eigenvalue weighted by molar-refractivity contribution is 14.0. The first-order valence-electron chi connectivity index (χ1n) is 9.77. The van der Waals surface area contributed by atoms with Gasteiger partial charge in [-0.2, -0.15) is 5.10 Å². The fourth-order valence-corrected chi connectivity index (χ4v) is 3.94. The van der Waals surface area contributed by atoms with Crippen LogP contribution in [0.4, 0.5) is 0 Å². The van der Waals surface area contributed by atoms with Gasteiger partial charge < -0.3 is 10.6 Å². The Kier molecular flexibility index (Phi) is 9.42. The van der Waals surface area contributed by atoms with Crippen molar-refractivity contribution in [3.8, 4) is 0 Å². The molecule has 8 nitrogen and oxygen atoms in total. The average molecular weight is 519 g/mol. The Hall–Kier alpha value is -1.43. The summed E-state index contributed by atoms with van der Waals surface area (Å²) in [7, 11) is 0. The van der Waals surface area contributed by atoms with E-state index >= 15 is 0 Å². The zero-order valence-corrected chi connectivity index (χ0v) is 19.8. The summed E-state index contributed by atoms with van der Waals surface area (Å²) in [5, 5.41) is 12.2. The molecular formula is C18H30IN7OS. The van der Waals surface area contributed by atoms with Crippen LogP contribution in [0.1, 0.15) is 41.9 Å². The summed E-state index contributed by atoms with van der Waals surface area (Å²) in [6, 6.07) is 0. The first-order valence-corrected chi connectivity index (χ1v) is 10.6. The SMILES string of the molecule is CCNC(=NCCCn1nc2n(c1=O)CCCC2)NCCc1ncc(C)s1.I. The number of halogens is 1. The Morgan fingerprint density at radius 1 is 1.36 bits per heavy atom. The maximum absolute atomic E-state index is 12.3. The summed E-state index contributed by atoms with van der Waals surface area (Å²) in [5.74, 6) is 1.74. The van der Waals surface area contributed by atoms with Gasteiger partial charge in [-0.1, -0.05) is 0 Å². The first-order chi connectivity index (χ1) is 13.2. The number of aryl methyl sites for hydroxylation is 3. The van der Waals surface area contributed by atoms with Gasteiger partial charge in [0.25, 0.3) is 0 Å². The third-order valence-electron chi connectivity index (χ3n) is 4.47. The van der Waals surface area contributed by atoms with E-state index in [1.807, 2.05) is 10.8 Å². The monoisotopic (exact) mass is 519 g/mol. The minimum Gasteiger partial charge on any atom is -0.357 e. The fourth-order valence-electron chi connectivity index (χ4n) is 3.15. The van der Waals surface area contributed by atoms with E-state index in [1.54, 1.807) is 16.0 Å². The Bertz CT molecular complexity index is 826. The number of rotatable bonds is 8. The van der Waals surface area contributed by atoms with Gasteiger partial charge in [-0.25, -0.2) is 14.5 Å². The van der Waals surface area contributed by atoms with Crippen molar-refractivity contribution in [3.63, 3.8) is 0 Å². The summed E-state index contributed by atoms with van der Waals surface area (Å²) in [4.78, 5) is 22.5. The Balaban J connectivity index is 0.00000280. The first kappa shape index (κ1) is 22.9. The van der Waals surface area contributed by atoms with E-state index in [1.165, 1.54) is 4.88 Å². The van der Waals surface area contributed by atoms with Crippen molar-refractivity contribution in [1.82, 2.24) is 30.0 Å². The van der Waals surface area contributed by atoms with Gasteiger partial charge in [0.2, 0.25) is 0 Å². The molecule has 0 spiro atoms. The quantitative estimate of drug-likeness (QED) is 0.241. The molecule has 10 heteroatoms. The van der Waals surface area contributed by atoms with Crippen LogP contribution in [0.25, 0.3) is 0 Å². The number of nitrogens with zero attached hydrogens (tertiary/aromatic N) is 5. The molecule has 2 N–H and O–H groups in total. The van der Waals surface area contributed by atoms with Gasteiger partial charge in [-0.3, -0.25) is 9.56 Å². The molecule has 0 radical (unpaired) electrons. The standard InChI is InChI=1S/C18H29N7OS.HI/c1-3-19-17(21-10-8-16-22-13-14(2)27-16)20-9-6-12-25-18(26)24-11-5-4-7-15(24)23-25;/h13H,3-12H2,1-2H3,(H2,19,20,21);1H. The van der Waals surface area contributed by atoms with Crippen LogP contribution in [0.15, 0.2) is 16.0 Å². The van der Waals surface area contributed by atoms with E-state index in [0.717, 1.165) is 68.5 Å². The highest BCUT2D eigenvalue weighted by Crippen LogP contribution is 2.11. The number of guanidine groups is 1. The van der Waals surface area contributed by atoms with E-state index < -0.39 is 0 Å². The lowest BCUT2D eigenvalue weighted by Gasteiger charge is -2.10. The summed E-state index contributed by atoms with van der Waals surface area (Å²) >= 11 is 1.73. The maximum Gasteiger partial charge on any atom is 0.345 e. The van der Waals surface area contributed by atoms with E-state index in [2.05, 4.69) is 39.6 Å². The van der Waals surface area contributed by atoms with Crippen molar-refractivity contribution in [1.29, 1.82) is 0 Å². The second-order valence-corrected chi connectivity index (χ2v) is 8.01. The van der Waals surface area contributed by atoms with Crippen LogP contribution >= 0.6 is 35.3 Å². The molecule has 0 atom stereocenters. The predicted octanol–water partition coefficient (Wildman–Crippen LogP) is 1.95. The van der Waals surface area contributed by atoms with Crippen LogP contribution in [-0.4, -0.2) is 44.9 Å². The predicted molar refractivity (Wildman–Crippen MR) is 124 cm³/mol. The van der Waals surface area contributed by atoms with E-state index in [0.29, 0.717) is 13.1 Å². The molecule has 2 aromatic rings. The van der Waals surface area contributed by atoms with Crippen molar-refractivity contribution in [3.05, 3.63) is 32.4 Å². The smallest absolute Gasteiger partial charge is 0.345 e. The number of thiazole rings is 1. The number of aliphatic imine (C=N–C) groups is 1. The molecule has 0 aliphatic carbocycles. The van der Waals surface area contributed by atoms with Crippen molar-refractivity contribution in [2.75, 3.05) is 19.6 Å². The van der Waals surface area contributed by atoms with E-state index in [-0.39, 0.29) is 29.7 Å². The largest absolute Gasteiger partial charge is 0.357 e. The number of hydrogen-bond acceptors (Lipinski definition) is 5. The second-order valence-electron chi connectivity index (χ2n) is 6.69. The topological polar surface area (TPSA) is 89.1 Å². The third-order valence-corrected chi connectivity index (χ3v) is 5.45. The Labute approximate surface area is 186 Å². The Morgan fingerprint density at radius 2 is 2.21 bits per heavy atom. The summed E-state index contributed by atoms with van der Waals surface area (Å²) in [6.07, 6.45) is 6.69. The molecule has 0 unspecified atom stereocenters. The number of hydrogen-bond donors (Lipinski definition) is 2. The molecule has 1 aliphatic heterocycles. The van der Waals surface area contributed by atoms with Crippen LogP contribution in [0.3, 0.4) is 0 Å². The lowest BCUT2D eigenvalue weighted by atomic mass is 10.2. The van der Waals surface area contributed by atoms with Gasteiger partial charge in [0.15, 0.2) is 5.96 Å². The van der Waals surface area contributed by atoms with Gasteiger partial charge >= 0.3 is 5.69 Å². The maximum atomic E-state index is 12.3. The highest BCUT2D eigenvalue weighted by atomic mass is 127. The molecule has 0 aromatic carbocycles. The van der Waals surface area contributed by atoms with Gasteiger partial charge in [0, 0.05) is 56.6 Å². The molecule has 2 aromatic heterocycles. The number of fused-ring (bicyclic) bond motifs is 1. The van der Waals surface area contributed by atoms with Crippen LogP contribution < -0.4 is 16.3 Å². The van der Waals surface area contributed by atoms with E-state index in [9.17, 15) is 4.79 Å². The van der Waals surface area contributed by atoms with Crippen LogP contribution in [0.2, 0.25) is 0 Å². The van der Waals surface area contributed by atoms with Gasteiger partial charge in [-0.05, 0) is 33.1 Å². The highest BCUT2D eigenvalue weighted by Gasteiger charge is 2.16. The molecule has 1 aliphatic rings. The second kappa shape index (κ2) is 11.5. The van der Waals surface area contributed by atoms with Crippen molar-refractivity contribution >= 4 is 41.3 Å². The number of nitrogens with one attached hydrogen (secondary N) is 2. The van der Waals surface area contributed by atoms with Crippen LogP contribution in [-0.2, 0) is 25.9 Å². The molecule has 3 heterocycles. The number of aromatic nitrogens is 4. The van der Waals surface area contributed by atoms with Crippen molar-refractivity contribution < 1.29 is 0 Å². The molecule has 0 saturated carbocycles. The summed E-state index contributed by atoms with van der Waals surface area (Å²) < 4.78 is 3.42. The zero-order chi connectivity index (χ0) is 19.1. The minimum absolute atomic E-state index is 0. The molecule has 3 rings (SSSR count). The third kappa shape index (κ3) is 6.29. The van der Waals surface area contributed by atoms with Crippen LogP contribution in [0, 0.1) is 6.92 Å². The molecular weight excluding hydrogens is 489 g/mol. The summed E-state index contributed by atoms with van der Waals surface area (Å²) in [5.41, 5.74) is 0.0254. The minimum atomic E-state index is 0. The molecule has 0 bridgehead atoms. The van der Waals surface area contributed by atoms with Crippen LogP contribution in [0.5, 0.6) is 0 Å². The van der Waals surface area contributed by atoms with Gasteiger partial charge in [0.05, 0.1) is 5.01 Å². The molecule has 0 amide bonds. The fraction of sp³-hybridized carbons (Fsp3) is 0.667. The van der Waals surface area contributed by atoms with Gasteiger partial charge in [0.1, 0.15) is 5.82 Å². The molecule has 0 fully saturated rings. The normalized spacial score (nSPS) is 13.7. The molecule has 156 valence electrons. The van der Waals surface area contributed by atoms with Crippen molar-refractivity contribution in [2.45, 2.75) is 59.0 Å². The van der Waals surface area contributed by atoms with E-state index in [4.69, 9.17) is 0 Å². The average Bonchev–Trinajstić information content (AvgIpc) is 3.22. The zero-order valence-electron chi connectivity index (χ0n) is 16.6. The van der Waals surface area contributed by atoms with Gasteiger partial charge in [-0.15, -0.1) is 35.3 Å².